The summed E-state index contributed by atoms with van der Waals surface area (Å²) in [5.41, 5.74) is 7.83. The molecule has 0 radical (unpaired) electrons. The summed E-state index contributed by atoms with van der Waals surface area (Å²) in [4.78, 5) is 4.18. The van der Waals surface area contributed by atoms with Gasteiger partial charge < -0.3 is 11.1 Å². The van der Waals surface area contributed by atoms with E-state index in [4.69, 9.17) is 18.0 Å². The van der Waals surface area contributed by atoms with E-state index >= 15 is 0 Å². The highest BCUT2D eigenvalue weighted by Crippen LogP contribution is 2.31. The molecule has 0 aliphatic rings. The molecule has 1 aromatic heterocycles. The molecule has 20 heavy (non-hydrogen) atoms. The number of thiophene rings is 1. The molecule has 106 valence electrons. The van der Waals surface area contributed by atoms with Crippen LogP contribution in [0.3, 0.4) is 0 Å². The summed E-state index contributed by atoms with van der Waals surface area (Å²) >= 11 is 8.67. The van der Waals surface area contributed by atoms with Crippen molar-refractivity contribution in [2.45, 2.75) is 24.8 Å². The lowest BCUT2D eigenvalue weighted by Gasteiger charge is -2.18. The van der Waals surface area contributed by atoms with Crippen LogP contribution in [0.1, 0.15) is 28.3 Å². The van der Waals surface area contributed by atoms with E-state index in [9.17, 15) is 0 Å². The van der Waals surface area contributed by atoms with Crippen molar-refractivity contribution in [1.82, 2.24) is 0 Å². The maximum Gasteiger partial charge on any atom is 0.107 e. The van der Waals surface area contributed by atoms with E-state index in [2.05, 4.69) is 31.3 Å². The van der Waals surface area contributed by atoms with E-state index in [0.29, 0.717) is 4.99 Å². The van der Waals surface area contributed by atoms with Crippen molar-refractivity contribution in [3.8, 4) is 0 Å². The van der Waals surface area contributed by atoms with Crippen LogP contribution in [0.15, 0.2) is 35.2 Å². The zero-order valence-corrected chi connectivity index (χ0v) is 14.2. The molecule has 0 amide bonds. The Morgan fingerprint density at radius 3 is 2.65 bits per heavy atom. The Kier molecular flexibility index (Phi) is 5.07. The lowest BCUT2D eigenvalue weighted by molar-refractivity contribution is 0.906. The van der Waals surface area contributed by atoms with Gasteiger partial charge in [0.2, 0.25) is 0 Å². The van der Waals surface area contributed by atoms with Gasteiger partial charge in [-0.1, -0.05) is 18.3 Å². The fourth-order valence-electron chi connectivity index (χ4n) is 2.07. The molecule has 2 nitrogen and oxygen atoms in total. The summed E-state index contributed by atoms with van der Waals surface area (Å²) in [6.07, 6.45) is 2.03. The number of rotatable bonds is 5. The lowest BCUT2D eigenvalue weighted by atomic mass is 10.1. The molecular weight excluding hydrogens is 304 g/mol. The van der Waals surface area contributed by atoms with Crippen LogP contribution in [-0.4, -0.2) is 11.2 Å². The highest BCUT2D eigenvalue weighted by molar-refractivity contribution is 7.98. The smallest absolute Gasteiger partial charge is 0.107 e. The van der Waals surface area contributed by atoms with Crippen LogP contribution in [0, 0.1) is 6.92 Å². The van der Waals surface area contributed by atoms with Gasteiger partial charge in [0.1, 0.15) is 4.99 Å². The summed E-state index contributed by atoms with van der Waals surface area (Å²) < 4.78 is 0. The highest BCUT2D eigenvalue weighted by Gasteiger charge is 2.14. The van der Waals surface area contributed by atoms with Crippen molar-refractivity contribution in [3.05, 3.63) is 45.6 Å². The number of anilines is 1. The summed E-state index contributed by atoms with van der Waals surface area (Å²) in [6, 6.07) is 10.7. The maximum absolute atomic E-state index is 5.89. The molecule has 1 heterocycles. The molecular formula is C15H18N2S3. The van der Waals surface area contributed by atoms with E-state index < -0.39 is 0 Å². The average Bonchev–Trinajstić information content (AvgIpc) is 2.84. The van der Waals surface area contributed by atoms with Gasteiger partial charge in [-0.2, -0.15) is 0 Å². The number of benzene rings is 1. The fraction of sp³-hybridized carbons (Fsp3) is 0.267. The summed E-state index contributed by atoms with van der Waals surface area (Å²) in [5.74, 6) is 0. The molecule has 5 heteroatoms. The quantitative estimate of drug-likeness (QED) is 0.624. The van der Waals surface area contributed by atoms with E-state index in [1.807, 2.05) is 35.8 Å². The van der Waals surface area contributed by atoms with Crippen LogP contribution in [0.4, 0.5) is 5.69 Å². The zero-order chi connectivity index (χ0) is 14.7. The van der Waals surface area contributed by atoms with E-state index in [1.165, 1.54) is 9.75 Å². The Morgan fingerprint density at radius 1 is 1.35 bits per heavy atom. The average molecular weight is 323 g/mol. The second kappa shape index (κ2) is 6.61. The van der Waals surface area contributed by atoms with Gasteiger partial charge >= 0.3 is 0 Å². The van der Waals surface area contributed by atoms with E-state index in [1.54, 1.807) is 11.8 Å². The molecule has 2 rings (SSSR count). The largest absolute Gasteiger partial charge is 0.389 e. The molecule has 0 aliphatic heterocycles. The molecule has 2 aromatic rings. The number of thioether (sulfide) groups is 1. The molecule has 0 saturated heterocycles. The van der Waals surface area contributed by atoms with Crippen LogP contribution < -0.4 is 11.1 Å². The molecule has 0 spiro atoms. The van der Waals surface area contributed by atoms with Crippen molar-refractivity contribution < 1.29 is 0 Å². The first-order valence-corrected chi connectivity index (χ1v) is 8.77. The van der Waals surface area contributed by atoms with E-state index in [-0.39, 0.29) is 6.04 Å². The first-order chi connectivity index (χ1) is 9.52. The fourth-order valence-corrected chi connectivity index (χ4v) is 3.87. The first kappa shape index (κ1) is 15.4. The van der Waals surface area contributed by atoms with Gasteiger partial charge in [0.15, 0.2) is 0 Å². The van der Waals surface area contributed by atoms with Crippen molar-refractivity contribution in [2.75, 3.05) is 11.6 Å². The Bertz CT molecular complexity index is 619. The molecule has 1 atom stereocenters. The highest BCUT2D eigenvalue weighted by atomic mass is 32.2. The third-order valence-electron chi connectivity index (χ3n) is 3.05. The molecule has 0 saturated carbocycles. The Balaban J connectivity index is 2.31. The maximum atomic E-state index is 5.89. The predicted octanol–water partition coefficient (Wildman–Crippen LogP) is 4.59. The molecule has 1 aromatic carbocycles. The van der Waals surface area contributed by atoms with Crippen LogP contribution in [0.25, 0.3) is 0 Å². The number of thiocarbonyl (C=S) groups is 1. The van der Waals surface area contributed by atoms with E-state index in [0.717, 1.165) is 16.1 Å². The molecule has 0 fully saturated rings. The summed E-state index contributed by atoms with van der Waals surface area (Å²) in [6.45, 7) is 4.27. The van der Waals surface area contributed by atoms with Crippen molar-refractivity contribution >= 4 is 46.0 Å². The summed E-state index contributed by atoms with van der Waals surface area (Å²) in [5, 5.41) is 3.53. The first-order valence-electron chi connectivity index (χ1n) is 6.32. The topological polar surface area (TPSA) is 38.0 Å². The molecule has 3 N–H and O–H groups in total. The van der Waals surface area contributed by atoms with Crippen LogP contribution in [-0.2, 0) is 0 Å². The monoisotopic (exact) mass is 322 g/mol. The van der Waals surface area contributed by atoms with Crippen LogP contribution in [0.5, 0.6) is 0 Å². The van der Waals surface area contributed by atoms with Crippen molar-refractivity contribution in [2.24, 2.45) is 5.73 Å². The SMILES string of the molecule is CSc1cccc(NC(C)c2ccc(C)s2)c1C(N)=S. The number of hydrogen-bond acceptors (Lipinski definition) is 4. The van der Waals surface area contributed by atoms with Gasteiger partial charge in [-0.05, 0) is 44.4 Å². The lowest BCUT2D eigenvalue weighted by Crippen LogP contribution is -2.15. The Hall–Kier alpha value is -1.04. The normalized spacial score (nSPS) is 12.2. The second-order valence-corrected chi connectivity index (χ2v) is 7.17. The molecule has 1 unspecified atom stereocenters. The van der Waals surface area contributed by atoms with Crippen LogP contribution in [0.2, 0.25) is 0 Å². The minimum atomic E-state index is 0.235. The predicted molar refractivity (Wildman–Crippen MR) is 95.2 cm³/mol. The Morgan fingerprint density at radius 2 is 2.10 bits per heavy atom. The summed E-state index contributed by atoms with van der Waals surface area (Å²) in [7, 11) is 0. The van der Waals surface area contributed by atoms with Crippen molar-refractivity contribution in [1.29, 1.82) is 0 Å². The van der Waals surface area contributed by atoms with Gasteiger partial charge in [0.05, 0.1) is 6.04 Å². The van der Waals surface area contributed by atoms with Gasteiger partial charge in [0, 0.05) is 25.9 Å². The van der Waals surface area contributed by atoms with Gasteiger partial charge in [-0.15, -0.1) is 23.1 Å². The number of aryl methyl sites for hydroxylation is 1. The van der Waals surface area contributed by atoms with Gasteiger partial charge in [-0.25, -0.2) is 0 Å². The van der Waals surface area contributed by atoms with Crippen molar-refractivity contribution in [3.63, 3.8) is 0 Å². The minimum absolute atomic E-state index is 0.235. The third kappa shape index (κ3) is 3.34. The van der Waals surface area contributed by atoms with Gasteiger partial charge in [-0.3, -0.25) is 0 Å². The third-order valence-corrected chi connectivity index (χ3v) is 5.22. The second-order valence-electron chi connectivity index (χ2n) is 4.56. The number of nitrogens with one attached hydrogen (secondary N) is 1. The number of nitrogens with two attached hydrogens (primary N) is 1. The Labute approximate surface area is 133 Å². The standard InChI is InChI=1S/C15H18N2S3/c1-9-7-8-12(20-9)10(2)17-11-5-4-6-13(19-3)14(11)15(16)18/h4-8,10,17H,1-3H3,(H2,16,18). The van der Waals surface area contributed by atoms with Crippen LogP contribution >= 0.6 is 35.3 Å². The molecule has 0 bridgehead atoms. The minimum Gasteiger partial charge on any atom is -0.389 e. The molecule has 0 aliphatic carbocycles. The zero-order valence-electron chi connectivity index (χ0n) is 11.8. The number of hydrogen-bond donors (Lipinski definition) is 2. The van der Waals surface area contributed by atoms with Gasteiger partial charge in [0.25, 0.3) is 0 Å².